The Morgan fingerprint density at radius 3 is 2.35 bits per heavy atom. The fourth-order valence-corrected chi connectivity index (χ4v) is 2.16. The highest BCUT2D eigenvalue weighted by molar-refractivity contribution is 5.96. The molecule has 0 bridgehead atoms. The van der Waals surface area contributed by atoms with E-state index in [1.165, 1.54) is 6.21 Å². The van der Waals surface area contributed by atoms with Crippen LogP contribution >= 0.6 is 0 Å². The molecule has 132 valence electrons. The van der Waals surface area contributed by atoms with Crippen molar-refractivity contribution in [3.8, 4) is 11.5 Å². The van der Waals surface area contributed by atoms with E-state index in [4.69, 9.17) is 9.47 Å². The van der Waals surface area contributed by atoms with Gasteiger partial charge in [0, 0.05) is 12.1 Å². The predicted molar refractivity (Wildman–Crippen MR) is 87.4 cm³/mol. The Kier molecular flexibility index (Phi) is 4.43. The fraction of sp³-hybridized carbons (Fsp3) is 0.0667. The van der Waals surface area contributed by atoms with E-state index in [0.717, 1.165) is 18.2 Å². The number of nitrogens with one attached hydrogen (secondary N) is 1. The van der Waals surface area contributed by atoms with Gasteiger partial charge in [0.05, 0.1) is 27.7 Å². The largest absolute Gasteiger partial charge is 0.454 e. The molecule has 1 aliphatic heterocycles. The molecule has 1 aliphatic rings. The Morgan fingerprint density at radius 1 is 1.04 bits per heavy atom. The number of nitro groups is 2. The average Bonchev–Trinajstić information content (AvgIpc) is 3.08. The second-order valence-electron chi connectivity index (χ2n) is 5.06. The van der Waals surface area contributed by atoms with Crippen LogP contribution in [0.5, 0.6) is 11.5 Å². The lowest BCUT2D eigenvalue weighted by Gasteiger charge is -2.01. The molecule has 26 heavy (non-hydrogen) atoms. The van der Waals surface area contributed by atoms with Crippen molar-refractivity contribution in [3.05, 3.63) is 67.8 Å². The molecule has 11 heteroatoms. The van der Waals surface area contributed by atoms with Crippen LogP contribution in [-0.4, -0.2) is 28.8 Å². The Bertz CT molecular complexity index is 909. The highest BCUT2D eigenvalue weighted by Gasteiger charge is 2.19. The summed E-state index contributed by atoms with van der Waals surface area (Å²) in [6, 6.07) is 7.64. The molecular weight excluding hydrogens is 348 g/mol. The Balaban J connectivity index is 1.75. The first-order valence-corrected chi connectivity index (χ1v) is 7.11. The molecular formula is C15H10N4O7. The van der Waals surface area contributed by atoms with Crippen LogP contribution in [0.4, 0.5) is 11.4 Å². The van der Waals surface area contributed by atoms with Gasteiger partial charge in [0.2, 0.25) is 6.79 Å². The first-order valence-electron chi connectivity index (χ1n) is 7.11. The molecule has 1 heterocycles. The number of non-ortho nitro benzene ring substituents is 2. The summed E-state index contributed by atoms with van der Waals surface area (Å²) in [7, 11) is 0. The summed E-state index contributed by atoms with van der Waals surface area (Å²) >= 11 is 0. The maximum Gasteiger partial charge on any atom is 0.277 e. The summed E-state index contributed by atoms with van der Waals surface area (Å²) in [6.45, 7) is 0.123. The quantitative estimate of drug-likeness (QED) is 0.488. The van der Waals surface area contributed by atoms with Crippen LogP contribution in [0.2, 0.25) is 0 Å². The van der Waals surface area contributed by atoms with Gasteiger partial charge in [-0.1, -0.05) is 0 Å². The van der Waals surface area contributed by atoms with Crippen molar-refractivity contribution in [2.75, 3.05) is 6.79 Å². The van der Waals surface area contributed by atoms with Crippen LogP contribution < -0.4 is 14.9 Å². The number of amides is 1. The van der Waals surface area contributed by atoms with Crippen LogP contribution in [-0.2, 0) is 0 Å². The number of fused-ring (bicyclic) bond motifs is 1. The van der Waals surface area contributed by atoms with Gasteiger partial charge < -0.3 is 9.47 Å². The molecule has 0 saturated carbocycles. The number of ether oxygens (including phenoxy) is 2. The third kappa shape index (κ3) is 3.56. The van der Waals surface area contributed by atoms with Crippen LogP contribution in [0.3, 0.4) is 0 Å². The van der Waals surface area contributed by atoms with Gasteiger partial charge in [-0.05, 0) is 23.8 Å². The van der Waals surface area contributed by atoms with Crippen LogP contribution in [0.25, 0.3) is 0 Å². The first kappa shape index (κ1) is 16.8. The smallest absolute Gasteiger partial charge is 0.277 e. The zero-order valence-electron chi connectivity index (χ0n) is 12.9. The molecule has 0 spiro atoms. The number of nitro benzene ring substituents is 2. The molecule has 1 amide bonds. The Morgan fingerprint density at radius 2 is 1.69 bits per heavy atom. The molecule has 3 rings (SSSR count). The summed E-state index contributed by atoms with van der Waals surface area (Å²) < 4.78 is 10.4. The van der Waals surface area contributed by atoms with Crippen molar-refractivity contribution in [1.82, 2.24) is 5.43 Å². The SMILES string of the molecule is O=C(N/N=C\c1ccc2c(c1)OCO2)c1cc([N+](=O)[O-])cc([N+](=O)[O-])c1. The monoisotopic (exact) mass is 358 g/mol. The van der Waals surface area contributed by atoms with Gasteiger partial charge in [-0.3, -0.25) is 25.0 Å². The van der Waals surface area contributed by atoms with Gasteiger partial charge in [-0.2, -0.15) is 5.10 Å². The molecule has 0 aliphatic carbocycles. The number of carbonyl (C=O) groups is 1. The normalized spacial score (nSPS) is 12.2. The highest BCUT2D eigenvalue weighted by Crippen LogP contribution is 2.32. The molecule has 0 aromatic heterocycles. The van der Waals surface area contributed by atoms with Gasteiger partial charge >= 0.3 is 0 Å². The van der Waals surface area contributed by atoms with E-state index in [1.807, 2.05) is 0 Å². The second-order valence-corrected chi connectivity index (χ2v) is 5.06. The molecule has 0 unspecified atom stereocenters. The standard InChI is InChI=1S/C15H10N4O7/c20-15(10-4-11(18(21)22)6-12(5-10)19(23)24)17-16-7-9-1-2-13-14(3-9)26-8-25-13/h1-7H,8H2,(H,17,20)/b16-7-. The van der Waals surface area contributed by atoms with E-state index in [9.17, 15) is 25.0 Å². The van der Waals surface area contributed by atoms with E-state index in [-0.39, 0.29) is 12.4 Å². The minimum absolute atomic E-state index is 0.123. The average molecular weight is 358 g/mol. The van der Waals surface area contributed by atoms with Crippen LogP contribution in [0.15, 0.2) is 41.5 Å². The molecule has 11 nitrogen and oxygen atoms in total. The van der Waals surface area contributed by atoms with Gasteiger partial charge in [0.25, 0.3) is 17.3 Å². The second kappa shape index (κ2) is 6.84. The van der Waals surface area contributed by atoms with E-state index >= 15 is 0 Å². The number of hydrogen-bond acceptors (Lipinski definition) is 8. The van der Waals surface area contributed by atoms with Gasteiger partial charge in [0.1, 0.15) is 0 Å². The fourth-order valence-electron chi connectivity index (χ4n) is 2.16. The minimum atomic E-state index is -0.825. The lowest BCUT2D eigenvalue weighted by Crippen LogP contribution is -2.18. The summed E-state index contributed by atoms with van der Waals surface area (Å²) in [5, 5.41) is 25.4. The van der Waals surface area contributed by atoms with Crippen molar-refractivity contribution in [3.63, 3.8) is 0 Å². The molecule has 0 atom stereocenters. The number of rotatable bonds is 5. The van der Waals surface area contributed by atoms with Crippen LogP contribution in [0.1, 0.15) is 15.9 Å². The lowest BCUT2D eigenvalue weighted by atomic mass is 10.1. The number of hydrazone groups is 1. The highest BCUT2D eigenvalue weighted by atomic mass is 16.7. The summed E-state index contributed by atoms with van der Waals surface area (Å²) in [6.07, 6.45) is 1.33. The van der Waals surface area contributed by atoms with Crippen LogP contribution in [0, 0.1) is 20.2 Å². The summed E-state index contributed by atoms with van der Waals surface area (Å²) in [5.74, 6) is 0.304. The van der Waals surface area contributed by atoms with E-state index in [2.05, 4.69) is 10.5 Å². The van der Waals surface area contributed by atoms with Crippen molar-refractivity contribution >= 4 is 23.5 Å². The molecule has 0 radical (unpaired) electrons. The molecule has 2 aromatic rings. The Hall–Kier alpha value is -4.02. The molecule has 0 fully saturated rings. The number of nitrogens with zero attached hydrogens (tertiary/aromatic N) is 3. The maximum absolute atomic E-state index is 12.1. The lowest BCUT2D eigenvalue weighted by molar-refractivity contribution is -0.394. The maximum atomic E-state index is 12.1. The number of carbonyl (C=O) groups excluding carboxylic acids is 1. The molecule has 0 saturated heterocycles. The van der Waals surface area contributed by atoms with E-state index in [0.29, 0.717) is 17.1 Å². The van der Waals surface area contributed by atoms with Crippen molar-refractivity contribution in [2.45, 2.75) is 0 Å². The summed E-state index contributed by atoms with van der Waals surface area (Å²) in [4.78, 5) is 32.1. The third-order valence-electron chi connectivity index (χ3n) is 3.36. The number of hydrogen-bond donors (Lipinski definition) is 1. The Labute approximate surface area is 145 Å². The van der Waals surface area contributed by atoms with Crippen molar-refractivity contribution in [2.24, 2.45) is 5.10 Å². The molecule has 2 aromatic carbocycles. The van der Waals surface area contributed by atoms with Gasteiger partial charge in [-0.25, -0.2) is 5.43 Å². The number of benzene rings is 2. The van der Waals surface area contributed by atoms with Crippen molar-refractivity contribution in [1.29, 1.82) is 0 Å². The van der Waals surface area contributed by atoms with Gasteiger partial charge in [-0.15, -0.1) is 0 Å². The molecule has 1 N–H and O–H groups in total. The minimum Gasteiger partial charge on any atom is -0.454 e. The summed E-state index contributed by atoms with van der Waals surface area (Å²) in [5.41, 5.74) is 1.38. The topological polar surface area (TPSA) is 146 Å². The van der Waals surface area contributed by atoms with Crippen molar-refractivity contribution < 1.29 is 24.1 Å². The zero-order valence-corrected chi connectivity index (χ0v) is 12.9. The predicted octanol–water partition coefficient (Wildman–Crippen LogP) is 2.00. The van der Waals surface area contributed by atoms with E-state index < -0.39 is 27.1 Å². The van der Waals surface area contributed by atoms with E-state index in [1.54, 1.807) is 18.2 Å². The van der Waals surface area contributed by atoms with Gasteiger partial charge in [0.15, 0.2) is 11.5 Å². The first-order chi connectivity index (χ1) is 12.4. The third-order valence-corrected chi connectivity index (χ3v) is 3.36. The zero-order chi connectivity index (χ0) is 18.7.